The average Bonchev–Trinajstić information content (AvgIpc) is 3.39. The lowest BCUT2D eigenvalue weighted by molar-refractivity contribution is 0.0994. The highest BCUT2D eigenvalue weighted by Gasteiger charge is 2.31. The summed E-state index contributed by atoms with van der Waals surface area (Å²) in [6.45, 7) is 3.10. The van der Waals surface area contributed by atoms with Crippen LogP contribution in [0.3, 0.4) is 0 Å². The molecule has 1 aliphatic heterocycles. The van der Waals surface area contributed by atoms with E-state index in [2.05, 4.69) is 18.4 Å². The van der Waals surface area contributed by atoms with E-state index >= 15 is 0 Å². The number of hydrogen-bond acceptors (Lipinski definition) is 5. The van der Waals surface area contributed by atoms with E-state index in [0.29, 0.717) is 33.6 Å². The summed E-state index contributed by atoms with van der Waals surface area (Å²) < 4.78 is 0.544. The Balaban J connectivity index is 1.54. The van der Waals surface area contributed by atoms with E-state index in [1.54, 1.807) is 40.1 Å². The van der Waals surface area contributed by atoms with Gasteiger partial charge < -0.3 is 10.2 Å². The molecule has 2 aromatic carbocycles. The van der Waals surface area contributed by atoms with Crippen LogP contribution in [0.25, 0.3) is 0 Å². The predicted octanol–water partition coefficient (Wildman–Crippen LogP) is 5.90. The van der Waals surface area contributed by atoms with Crippen molar-refractivity contribution in [3.05, 3.63) is 74.9 Å². The molecule has 0 fully saturated rings. The van der Waals surface area contributed by atoms with Crippen molar-refractivity contribution in [1.82, 2.24) is 0 Å². The van der Waals surface area contributed by atoms with Crippen molar-refractivity contribution >= 4 is 51.8 Å². The summed E-state index contributed by atoms with van der Waals surface area (Å²) in [6, 6.07) is 16.1. The Kier molecular flexibility index (Phi) is 6.45. The summed E-state index contributed by atoms with van der Waals surface area (Å²) in [7, 11) is 0. The molecule has 0 bridgehead atoms. The number of nitrogens with one attached hydrogen (secondary N) is 1. The van der Waals surface area contributed by atoms with Crippen LogP contribution in [0.15, 0.2) is 54.6 Å². The first-order chi connectivity index (χ1) is 15.5. The number of carbonyl (C=O) groups excluding carboxylic acids is 2. The van der Waals surface area contributed by atoms with E-state index in [-0.39, 0.29) is 11.8 Å². The maximum absolute atomic E-state index is 13.1. The van der Waals surface area contributed by atoms with Gasteiger partial charge >= 0.3 is 0 Å². The zero-order chi connectivity index (χ0) is 22.7. The van der Waals surface area contributed by atoms with Crippen molar-refractivity contribution in [2.24, 2.45) is 0 Å². The summed E-state index contributed by atoms with van der Waals surface area (Å²) in [5.41, 5.74) is 3.50. The number of nitriles is 1. The number of rotatable bonds is 7. The fraction of sp³-hybridized carbons (Fsp3) is 0.208. The second kappa shape index (κ2) is 9.43. The lowest BCUT2D eigenvalue weighted by Gasteiger charge is -2.19. The van der Waals surface area contributed by atoms with Crippen LogP contribution in [0.4, 0.5) is 17.1 Å². The first-order valence-corrected chi connectivity index (χ1v) is 11.5. The lowest BCUT2D eigenvalue weighted by Crippen LogP contribution is -2.23. The van der Waals surface area contributed by atoms with Crippen molar-refractivity contribution in [1.29, 1.82) is 5.26 Å². The van der Waals surface area contributed by atoms with Gasteiger partial charge in [0.15, 0.2) is 6.19 Å². The summed E-state index contributed by atoms with van der Waals surface area (Å²) >= 11 is 7.14. The fourth-order valence-electron chi connectivity index (χ4n) is 3.64. The van der Waals surface area contributed by atoms with Crippen LogP contribution in [0.2, 0.25) is 4.34 Å². The average molecular weight is 465 g/mol. The van der Waals surface area contributed by atoms with Gasteiger partial charge in [0.2, 0.25) is 0 Å². The Labute approximate surface area is 195 Å². The molecule has 4 rings (SSSR count). The number of thiophene rings is 1. The van der Waals surface area contributed by atoms with Crippen molar-refractivity contribution in [3.63, 3.8) is 0 Å². The number of hydrogen-bond donors (Lipinski definition) is 1. The number of carbonyl (C=O) groups is 2. The molecular formula is C24H21ClN4O2S. The van der Waals surface area contributed by atoms with Crippen molar-refractivity contribution in [2.75, 3.05) is 21.7 Å². The van der Waals surface area contributed by atoms with E-state index in [9.17, 15) is 14.9 Å². The molecule has 0 atom stereocenters. The second-order valence-corrected chi connectivity index (χ2v) is 9.12. The highest BCUT2D eigenvalue weighted by molar-refractivity contribution is 7.18. The monoisotopic (exact) mass is 464 g/mol. The Morgan fingerprint density at radius 2 is 2.00 bits per heavy atom. The maximum atomic E-state index is 13.1. The van der Waals surface area contributed by atoms with Crippen LogP contribution < -0.4 is 15.1 Å². The third-order valence-corrected chi connectivity index (χ3v) is 6.57. The number of benzene rings is 2. The molecule has 0 aliphatic carbocycles. The zero-order valence-corrected chi connectivity index (χ0v) is 19.0. The van der Waals surface area contributed by atoms with Gasteiger partial charge in [0.25, 0.3) is 11.8 Å². The van der Waals surface area contributed by atoms with Crippen molar-refractivity contribution < 1.29 is 9.59 Å². The number of unbranched alkanes of at least 4 members (excludes halogenated alkanes) is 1. The van der Waals surface area contributed by atoms with Gasteiger partial charge in [0.05, 0.1) is 21.4 Å². The molecule has 3 aromatic rings. The SMILES string of the molecule is CCCCN(C#N)c1ccc(N2Cc3c(NC(=O)c4ccc(Cl)s4)cccc3C2=O)cc1. The van der Waals surface area contributed by atoms with Crippen LogP contribution >= 0.6 is 22.9 Å². The lowest BCUT2D eigenvalue weighted by atomic mass is 10.1. The van der Waals surface area contributed by atoms with Gasteiger partial charge in [-0.3, -0.25) is 14.5 Å². The normalized spacial score (nSPS) is 12.4. The number of amides is 2. The van der Waals surface area contributed by atoms with Crippen LogP contribution in [0, 0.1) is 11.5 Å². The first-order valence-electron chi connectivity index (χ1n) is 10.3. The molecule has 1 aliphatic rings. The Morgan fingerprint density at radius 3 is 2.66 bits per heavy atom. The zero-order valence-electron chi connectivity index (χ0n) is 17.5. The molecule has 2 heterocycles. The molecule has 6 nitrogen and oxygen atoms in total. The molecule has 0 saturated heterocycles. The van der Waals surface area contributed by atoms with Crippen LogP contribution in [-0.2, 0) is 6.54 Å². The molecule has 32 heavy (non-hydrogen) atoms. The van der Waals surface area contributed by atoms with Crippen molar-refractivity contribution in [2.45, 2.75) is 26.3 Å². The molecular weight excluding hydrogens is 444 g/mol. The topological polar surface area (TPSA) is 76.4 Å². The molecule has 1 aromatic heterocycles. The van der Waals surface area contributed by atoms with Gasteiger partial charge in [-0.05, 0) is 55.0 Å². The van der Waals surface area contributed by atoms with Gasteiger partial charge in [-0.2, -0.15) is 5.26 Å². The molecule has 162 valence electrons. The van der Waals surface area contributed by atoms with Gasteiger partial charge in [0.1, 0.15) is 0 Å². The Hall–Kier alpha value is -3.34. The van der Waals surface area contributed by atoms with E-state index in [4.69, 9.17) is 11.6 Å². The van der Waals surface area contributed by atoms with E-state index < -0.39 is 0 Å². The van der Waals surface area contributed by atoms with E-state index in [0.717, 1.165) is 29.8 Å². The van der Waals surface area contributed by atoms with Crippen molar-refractivity contribution in [3.8, 4) is 6.19 Å². The molecule has 0 unspecified atom stereocenters. The summed E-state index contributed by atoms with van der Waals surface area (Å²) in [4.78, 5) is 29.5. The number of fused-ring (bicyclic) bond motifs is 1. The summed E-state index contributed by atoms with van der Waals surface area (Å²) in [6.07, 6.45) is 4.15. The Morgan fingerprint density at radius 1 is 1.22 bits per heavy atom. The van der Waals surface area contributed by atoms with Crippen LogP contribution in [0.5, 0.6) is 0 Å². The standard InChI is InChI=1S/C24H21ClN4O2S/c1-2-3-13-28(15-26)16-7-9-17(10-8-16)29-14-19-18(24(29)31)5-4-6-20(19)27-23(30)21-11-12-22(25)32-21/h4-12H,2-3,13-14H2,1H3,(H,27,30). The fourth-order valence-corrected chi connectivity index (χ4v) is 4.58. The largest absolute Gasteiger partial charge is 0.321 e. The molecule has 2 amide bonds. The highest BCUT2D eigenvalue weighted by atomic mass is 35.5. The molecule has 0 radical (unpaired) electrons. The molecule has 8 heteroatoms. The Bertz CT molecular complexity index is 1200. The minimum atomic E-state index is -0.255. The van der Waals surface area contributed by atoms with Gasteiger partial charge in [0, 0.05) is 29.0 Å². The van der Waals surface area contributed by atoms with Gasteiger partial charge in [-0.15, -0.1) is 11.3 Å². The number of anilines is 3. The van der Waals surface area contributed by atoms with Crippen LogP contribution in [-0.4, -0.2) is 18.4 Å². The quantitative estimate of drug-likeness (QED) is 0.348. The molecule has 1 N–H and O–H groups in total. The van der Waals surface area contributed by atoms with Gasteiger partial charge in [-0.1, -0.05) is 31.0 Å². The smallest absolute Gasteiger partial charge is 0.265 e. The third-order valence-electron chi connectivity index (χ3n) is 5.34. The van der Waals surface area contributed by atoms with Gasteiger partial charge in [-0.25, -0.2) is 0 Å². The third kappa shape index (κ3) is 4.33. The molecule has 0 spiro atoms. The minimum absolute atomic E-state index is 0.119. The van der Waals surface area contributed by atoms with Crippen LogP contribution in [0.1, 0.15) is 45.4 Å². The molecule has 0 saturated carbocycles. The van der Waals surface area contributed by atoms with E-state index in [1.807, 2.05) is 24.3 Å². The second-order valence-electron chi connectivity index (χ2n) is 7.40. The summed E-state index contributed by atoms with van der Waals surface area (Å²) in [5.74, 6) is -0.375. The number of nitrogens with zero attached hydrogens (tertiary/aromatic N) is 3. The number of halogens is 1. The predicted molar refractivity (Wildman–Crippen MR) is 129 cm³/mol. The maximum Gasteiger partial charge on any atom is 0.265 e. The highest BCUT2D eigenvalue weighted by Crippen LogP contribution is 2.34. The van der Waals surface area contributed by atoms with E-state index in [1.165, 1.54) is 11.3 Å². The minimum Gasteiger partial charge on any atom is -0.321 e. The summed E-state index contributed by atoms with van der Waals surface area (Å²) in [5, 5.41) is 12.3. The first kappa shape index (κ1) is 21.9.